The summed E-state index contributed by atoms with van der Waals surface area (Å²) in [5, 5.41) is 9.31. The molecule has 0 radical (unpaired) electrons. The Kier molecular flexibility index (Phi) is 3.41. The first kappa shape index (κ1) is 12.0. The maximum absolute atomic E-state index is 11.8. The number of rotatable bonds is 2. The largest absolute Gasteiger partial charge is 0.305 e. The first-order chi connectivity index (χ1) is 8.06. The van der Waals surface area contributed by atoms with E-state index < -0.39 is 0 Å². The maximum atomic E-state index is 11.8. The van der Waals surface area contributed by atoms with Gasteiger partial charge in [0.1, 0.15) is 5.82 Å². The molecule has 88 valence electrons. The summed E-state index contributed by atoms with van der Waals surface area (Å²) in [5.41, 5.74) is 2.10. The van der Waals surface area contributed by atoms with Crippen molar-refractivity contribution in [2.45, 2.75) is 13.8 Å². The van der Waals surface area contributed by atoms with Crippen LogP contribution in [0.2, 0.25) is 0 Å². The number of carbonyl (C=O) groups is 1. The zero-order valence-electron chi connectivity index (χ0n) is 9.41. The number of pyridine rings is 1. The second kappa shape index (κ2) is 4.82. The number of nitrogens with one attached hydrogen (secondary N) is 2. The fraction of sp³-hybridized carbons (Fsp3) is 0.182. The van der Waals surface area contributed by atoms with Gasteiger partial charge in [0.25, 0.3) is 5.91 Å². The Labute approximate surface area is 112 Å². The van der Waals surface area contributed by atoms with E-state index in [1.807, 2.05) is 19.9 Å². The van der Waals surface area contributed by atoms with Crippen molar-refractivity contribution in [3.8, 4) is 0 Å². The van der Waals surface area contributed by atoms with Gasteiger partial charge in [0.15, 0.2) is 5.69 Å². The third-order valence-electron chi connectivity index (χ3n) is 2.20. The highest BCUT2D eigenvalue weighted by Gasteiger charge is 2.10. The van der Waals surface area contributed by atoms with Crippen molar-refractivity contribution in [1.29, 1.82) is 0 Å². The van der Waals surface area contributed by atoms with Crippen LogP contribution in [-0.4, -0.2) is 21.1 Å². The minimum Gasteiger partial charge on any atom is -0.305 e. The highest BCUT2D eigenvalue weighted by molar-refractivity contribution is 14.1. The maximum Gasteiger partial charge on any atom is 0.277 e. The quantitative estimate of drug-likeness (QED) is 0.823. The molecular weight excluding hydrogens is 331 g/mol. The van der Waals surface area contributed by atoms with Gasteiger partial charge in [0.05, 0.1) is 5.69 Å². The van der Waals surface area contributed by atoms with Crippen LogP contribution in [0.25, 0.3) is 0 Å². The number of aryl methyl sites for hydroxylation is 2. The minimum atomic E-state index is -0.262. The lowest BCUT2D eigenvalue weighted by Gasteiger charge is -2.04. The normalized spacial score (nSPS) is 10.3. The van der Waals surface area contributed by atoms with E-state index in [2.05, 4.69) is 43.1 Å². The van der Waals surface area contributed by atoms with Gasteiger partial charge in [-0.25, -0.2) is 4.98 Å². The lowest BCUT2D eigenvalue weighted by atomic mass is 10.3. The van der Waals surface area contributed by atoms with Gasteiger partial charge >= 0.3 is 0 Å². The molecular formula is C11H11IN4O. The Morgan fingerprint density at radius 1 is 1.41 bits per heavy atom. The number of anilines is 1. The number of halogens is 1. The Hall–Kier alpha value is -1.44. The summed E-state index contributed by atoms with van der Waals surface area (Å²) < 4.78 is 1.07. The smallest absolute Gasteiger partial charge is 0.277 e. The minimum absolute atomic E-state index is 0.262. The molecule has 0 saturated heterocycles. The number of carbonyl (C=O) groups excluding carboxylic acids is 1. The van der Waals surface area contributed by atoms with Crippen molar-refractivity contribution < 1.29 is 4.79 Å². The van der Waals surface area contributed by atoms with Crippen LogP contribution in [0, 0.1) is 17.4 Å². The number of nitrogens with zero attached hydrogens (tertiary/aromatic N) is 2. The molecule has 0 saturated carbocycles. The highest BCUT2D eigenvalue weighted by Crippen LogP contribution is 2.13. The molecule has 2 aromatic heterocycles. The summed E-state index contributed by atoms with van der Waals surface area (Å²) in [4.78, 5) is 16.1. The summed E-state index contributed by atoms with van der Waals surface area (Å²) in [5.74, 6) is 0.274. The van der Waals surface area contributed by atoms with Crippen molar-refractivity contribution in [3.05, 3.63) is 38.9 Å². The molecule has 2 heterocycles. The Bertz CT molecular complexity index is 564. The predicted molar refractivity (Wildman–Crippen MR) is 73.0 cm³/mol. The van der Waals surface area contributed by atoms with E-state index in [4.69, 9.17) is 0 Å². The molecule has 0 aliphatic carbocycles. The van der Waals surface area contributed by atoms with Crippen LogP contribution in [0.5, 0.6) is 0 Å². The molecule has 17 heavy (non-hydrogen) atoms. The van der Waals surface area contributed by atoms with Gasteiger partial charge in [0.2, 0.25) is 0 Å². The van der Waals surface area contributed by atoms with Crippen LogP contribution in [0.4, 0.5) is 5.82 Å². The van der Waals surface area contributed by atoms with Crippen molar-refractivity contribution in [1.82, 2.24) is 15.2 Å². The van der Waals surface area contributed by atoms with Gasteiger partial charge in [0, 0.05) is 9.26 Å². The average molecular weight is 342 g/mol. The molecule has 5 nitrogen and oxygen atoms in total. The SMILES string of the molecule is Cc1cc(C(=O)Nc2ccc(I)c(C)n2)n[nH]1. The first-order valence-corrected chi connectivity index (χ1v) is 6.10. The summed E-state index contributed by atoms with van der Waals surface area (Å²) in [7, 11) is 0. The molecule has 2 aromatic rings. The van der Waals surface area contributed by atoms with Gasteiger partial charge in [-0.15, -0.1) is 0 Å². The van der Waals surface area contributed by atoms with Gasteiger partial charge in [-0.3, -0.25) is 9.89 Å². The number of aromatic nitrogens is 3. The van der Waals surface area contributed by atoms with Crippen molar-refractivity contribution in [3.63, 3.8) is 0 Å². The Morgan fingerprint density at radius 2 is 2.18 bits per heavy atom. The summed E-state index contributed by atoms with van der Waals surface area (Å²) in [6.45, 7) is 3.74. The molecule has 6 heteroatoms. The van der Waals surface area contributed by atoms with Crippen LogP contribution in [0.1, 0.15) is 21.9 Å². The van der Waals surface area contributed by atoms with Crippen molar-refractivity contribution >= 4 is 34.3 Å². The lowest BCUT2D eigenvalue weighted by Crippen LogP contribution is -2.13. The zero-order chi connectivity index (χ0) is 12.4. The lowest BCUT2D eigenvalue weighted by molar-refractivity contribution is 0.102. The standard InChI is InChI=1S/C11H11IN4O/c1-6-5-9(16-15-6)11(17)14-10-4-3-8(12)7(2)13-10/h3-5H,1-2H3,(H,15,16)(H,13,14,17). The van der Waals surface area contributed by atoms with E-state index in [1.165, 1.54) is 0 Å². The number of hydrogen-bond acceptors (Lipinski definition) is 3. The molecule has 0 aliphatic rings. The first-order valence-electron chi connectivity index (χ1n) is 5.03. The molecule has 0 spiro atoms. The number of aromatic amines is 1. The molecule has 2 rings (SSSR count). The van der Waals surface area contributed by atoms with Crippen LogP contribution < -0.4 is 5.32 Å². The average Bonchev–Trinajstić information content (AvgIpc) is 2.70. The molecule has 2 N–H and O–H groups in total. The number of H-pyrrole nitrogens is 1. The van der Waals surface area contributed by atoms with E-state index in [0.717, 1.165) is 15.0 Å². The fourth-order valence-corrected chi connectivity index (χ4v) is 1.63. The van der Waals surface area contributed by atoms with Crippen LogP contribution >= 0.6 is 22.6 Å². The molecule has 0 unspecified atom stereocenters. The van der Waals surface area contributed by atoms with E-state index in [0.29, 0.717) is 11.5 Å². The molecule has 0 fully saturated rings. The van der Waals surface area contributed by atoms with Gasteiger partial charge in [-0.05, 0) is 54.6 Å². The van der Waals surface area contributed by atoms with E-state index in [9.17, 15) is 4.79 Å². The summed E-state index contributed by atoms with van der Waals surface area (Å²) in [6.07, 6.45) is 0. The monoisotopic (exact) mass is 342 g/mol. The van der Waals surface area contributed by atoms with E-state index >= 15 is 0 Å². The molecule has 0 aliphatic heterocycles. The summed E-state index contributed by atoms with van der Waals surface area (Å²) in [6, 6.07) is 5.37. The number of amides is 1. The molecule has 0 bridgehead atoms. The van der Waals surface area contributed by atoms with Gasteiger partial charge in [-0.2, -0.15) is 5.10 Å². The third kappa shape index (κ3) is 2.82. The molecule has 1 amide bonds. The zero-order valence-corrected chi connectivity index (χ0v) is 11.6. The van der Waals surface area contributed by atoms with Crippen LogP contribution in [0.15, 0.2) is 18.2 Å². The Morgan fingerprint density at radius 3 is 2.76 bits per heavy atom. The predicted octanol–water partition coefficient (Wildman–Crippen LogP) is 2.28. The molecule has 0 aromatic carbocycles. The molecule has 0 atom stereocenters. The van der Waals surface area contributed by atoms with E-state index in [1.54, 1.807) is 12.1 Å². The fourth-order valence-electron chi connectivity index (χ4n) is 1.33. The van der Waals surface area contributed by atoms with Crippen molar-refractivity contribution in [2.24, 2.45) is 0 Å². The number of hydrogen-bond donors (Lipinski definition) is 2. The van der Waals surface area contributed by atoms with Crippen LogP contribution in [0.3, 0.4) is 0 Å². The van der Waals surface area contributed by atoms with Crippen LogP contribution in [-0.2, 0) is 0 Å². The van der Waals surface area contributed by atoms with Gasteiger partial charge in [-0.1, -0.05) is 0 Å². The van der Waals surface area contributed by atoms with E-state index in [-0.39, 0.29) is 5.91 Å². The highest BCUT2D eigenvalue weighted by atomic mass is 127. The summed E-state index contributed by atoms with van der Waals surface area (Å²) >= 11 is 2.20. The second-order valence-corrected chi connectivity index (χ2v) is 4.82. The van der Waals surface area contributed by atoms with Gasteiger partial charge < -0.3 is 5.32 Å². The second-order valence-electron chi connectivity index (χ2n) is 3.65. The third-order valence-corrected chi connectivity index (χ3v) is 3.34. The van der Waals surface area contributed by atoms with Crippen molar-refractivity contribution in [2.75, 3.05) is 5.32 Å². The topological polar surface area (TPSA) is 70.7 Å². The Balaban J connectivity index is 2.15.